The topological polar surface area (TPSA) is 108 Å². The van der Waals surface area contributed by atoms with Crippen molar-refractivity contribution in [2.45, 2.75) is 20.0 Å². The summed E-state index contributed by atoms with van der Waals surface area (Å²) < 4.78 is 32.4. The quantitative estimate of drug-likeness (QED) is 0.291. The fraction of sp³-hybridized carbons (Fsp3) is 0.889. The summed E-state index contributed by atoms with van der Waals surface area (Å²) in [5.41, 5.74) is 5.43. The van der Waals surface area contributed by atoms with E-state index in [-0.39, 0.29) is 25.5 Å². The number of amidine groups is 1. The van der Waals surface area contributed by atoms with Gasteiger partial charge in [0.2, 0.25) is 0 Å². The Morgan fingerprint density at radius 1 is 1.56 bits per heavy atom. The van der Waals surface area contributed by atoms with Gasteiger partial charge in [-0.2, -0.15) is 17.0 Å². The Kier molecular flexibility index (Phi) is 5.32. The molecule has 106 valence electrons. The van der Waals surface area contributed by atoms with Crippen molar-refractivity contribution in [3.05, 3.63) is 0 Å². The third-order valence-electron chi connectivity index (χ3n) is 2.83. The molecular weight excluding hydrogens is 260 g/mol. The van der Waals surface area contributed by atoms with Crippen molar-refractivity contribution in [3.8, 4) is 0 Å². The fourth-order valence-electron chi connectivity index (χ4n) is 1.79. The maximum atomic E-state index is 12.3. The van der Waals surface area contributed by atoms with Crippen LogP contribution in [-0.4, -0.2) is 67.0 Å². The summed E-state index contributed by atoms with van der Waals surface area (Å²) in [6.45, 7) is 4.93. The van der Waals surface area contributed by atoms with Gasteiger partial charge in [0.15, 0.2) is 5.84 Å². The Morgan fingerprint density at radius 3 is 2.67 bits per heavy atom. The molecule has 9 heteroatoms. The molecule has 3 N–H and O–H groups in total. The molecule has 0 bridgehead atoms. The number of hydrogen-bond donors (Lipinski definition) is 2. The van der Waals surface area contributed by atoms with Crippen LogP contribution in [0.5, 0.6) is 0 Å². The van der Waals surface area contributed by atoms with Crippen LogP contribution < -0.4 is 5.73 Å². The molecule has 0 amide bonds. The lowest BCUT2D eigenvalue weighted by Gasteiger charge is -2.34. The highest BCUT2D eigenvalue weighted by molar-refractivity contribution is 7.86. The van der Waals surface area contributed by atoms with Crippen LogP contribution in [0.25, 0.3) is 0 Å². The maximum absolute atomic E-state index is 12.3. The smallest absolute Gasteiger partial charge is 0.282 e. The van der Waals surface area contributed by atoms with E-state index in [4.69, 9.17) is 15.7 Å². The number of morpholine rings is 1. The van der Waals surface area contributed by atoms with E-state index in [2.05, 4.69) is 5.16 Å². The maximum Gasteiger partial charge on any atom is 0.282 e. The Labute approximate surface area is 107 Å². The molecule has 1 saturated heterocycles. The van der Waals surface area contributed by atoms with Crippen molar-refractivity contribution in [1.29, 1.82) is 0 Å². The summed E-state index contributed by atoms with van der Waals surface area (Å²) in [5.74, 6) is -0.116. The minimum absolute atomic E-state index is 0.0642. The number of ether oxygens (including phenoxy) is 1. The Balaban J connectivity index is 2.83. The number of nitrogens with zero attached hydrogens (tertiary/aromatic N) is 3. The SMILES string of the molecule is CCN(CC)S(=O)(=O)N1CCOC(/C(N)=N/O)C1. The van der Waals surface area contributed by atoms with Gasteiger partial charge >= 0.3 is 0 Å². The second-order valence-corrected chi connectivity index (χ2v) is 5.76. The zero-order chi connectivity index (χ0) is 13.8. The molecule has 8 nitrogen and oxygen atoms in total. The first-order valence-corrected chi connectivity index (χ1v) is 7.21. The lowest BCUT2D eigenvalue weighted by molar-refractivity contribution is 0.0334. The summed E-state index contributed by atoms with van der Waals surface area (Å²) in [6.07, 6.45) is -0.700. The Morgan fingerprint density at radius 2 is 2.17 bits per heavy atom. The molecule has 0 aromatic carbocycles. The second kappa shape index (κ2) is 6.32. The van der Waals surface area contributed by atoms with Crippen LogP contribution in [0.15, 0.2) is 5.16 Å². The van der Waals surface area contributed by atoms with Crippen LogP contribution in [0.3, 0.4) is 0 Å². The van der Waals surface area contributed by atoms with Gasteiger partial charge in [-0.3, -0.25) is 0 Å². The highest BCUT2D eigenvalue weighted by Gasteiger charge is 2.34. The summed E-state index contributed by atoms with van der Waals surface area (Å²) >= 11 is 0. The third-order valence-corrected chi connectivity index (χ3v) is 4.99. The van der Waals surface area contributed by atoms with Crippen LogP contribution >= 0.6 is 0 Å². The van der Waals surface area contributed by atoms with E-state index >= 15 is 0 Å². The van der Waals surface area contributed by atoms with Crippen LogP contribution in [0.4, 0.5) is 0 Å². The second-order valence-electron chi connectivity index (χ2n) is 3.83. The molecule has 0 aliphatic carbocycles. The van der Waals surface area contributed by atoms with Crippen molar-refractivity contribution >= 4 is 16.0 Å². The molecule has 0 aromatic heterocycles. The molecule has 1 heterocycles. The standard InChI is InChI=1S/C9H20N4O4S/c1-3-12(4-2)18(15,16)13-5-6-17-8(7-13)9(10)11-14/h8,14H,3-7H2,1-2H3,(H2,10,11). The molecular formula is C9H20N4O4S. The van der Waals surface area contributed by atoms with Crippen molar-refractivity contribution in [3.63, 3.8) is 0 Å². The molecule has 1 aliphatic heterocycles. The predicted octanol–water partition coefficient (Wildman–Crippen LogP) is -0.980. The first-order chi connectivity index (χ1) is 8.47. The van der Waals surface area contributed by atoms with E-state index in [1.807, 2.05) is 0 Å². The van der Waals surface area contributed by atoms with E-state index in [1.165, 1.54) is 8.61 Å². The molecule has 0 radical (unpaired) electrons. The predicted molar refractivity (Wildman–Crippen MR) is 66.6 cm³/mol. The average Bonchev–Trinajstić information content (AvgIpc) is 2.39. The summed E-state index contributed by atoms with van der Waals surface area (Å²) in [7, 11) is -3.50. The summed E-state index contributed by atoms with van der Waals surface area (Å²) in [5, 5.41) is 11.4. The van der Waals surface area contributed by atoms with E-state index in [0.717, 1.165) is 0 Å². The van der Waals surface area contributed by atoms with Crippen LogP contribution in [0, 0.1) is 0 Å². The van der Waals surface area contributed by atoms with Gasteiger partial charge in [-0.15, -0.1) is 0 Å². The minimum atomic E-state index is -3.50. The molecule has 1 fully saturated rings. The van der Waals surface area contributed by atoms with Crippen LogP contribution in [0.1, 0.15) is 13.8 Å². The first-order valence-electron chi connectivity index (χ1n) is 5.81. The lowest BCUT2D eigenvalue weighted by atomic mass is 10.3. The highest BCUT2D eigenvalue weighted by atomic mass is 32.2. The highest BCUT2D eigenvalue weighted by Crippen LogP contribution is 2.14. The number of rotatable bonds is 5. The lowest BCUT2D eigenvalue weighted by Crippen LogP contribution is -2.54. The largest absolute Gasteiger partial charge is 0.409 e. The minimum Gasteiger partial charge on any atom is -0.409 e. The molecule has 1 atom stereocenters. The molecule has 1 unspecified atom stereocenters. The van der Waals surface area contributed by atoms with E-state index < -0.39 is 16.3 Å². The monoisotopic (exact) mass is 280 g/mol. The fourth-order valence-corrected chi connectivity index (χ4v) is 3.40. The van der Waals surface area contributed by atoms with Crippen LogP contribution in [-0.2, 0) is 14.9 Å². The van der Waals surface area contributed by atoms with E-state index in [0.29, 0.717) is 13.1 Å². The molecule has 0 aromatic rings. The zero-order valence-corrected chi connectivity index (χ0v) is 11.4. The number of nitrogens with two attached hydrogens (primary N) is 1. The third kappa shape index (κ3) is 3.10. The summed E-state index contributed by atoms with van der Waals surface area (Å²) in [4.78, 5) is 0. The Bertz CT molecular complexity index is 393. The van der Waals surface area contributed by atoms with Gasteiger partial charge in [0.25, 0.3) is 10.2 Å². The molecule has 1 aliphatic rings. The molecule has 0 spiro atoms. The van der Waals surface area contributed by atoms with Crippen molar-refractivity contribution in [1.82, 2.24) is 8.61 Å². The molecule has 0 saturated carbocycles. The molecule has 1 rings (SSSR count). The van der Waals surface area contributed by atoms with Crippen molar-refractivity contribution in [2.75, 3.05) is 32.8 Å². The van der Waals surface area contributed by atoms with Crippen molar-refractivity contribution in [2.24, 2.45) is 10.9 Å². The normalized spacial score (nSPS) is 23.5. The average molecular weight is 280 g/mol. The van der Waals surface area contributed by atoms with E-state index in [1.54, 1.807) is 13.8 Å². The van der Waals surface area contributed by atoms with Gasteiger partial charge in [0.1, 0.15) is 6.10 Å². The number of hydrogen-bond acceptors (Lipinski definition) is 5. The first kappa shape index (κ1) is 15.2. The van der Waals surface area contributed by atoms with Gasteiger partial charge in [0, 0.05) is 26.2 Å². The van der Waals surface area contributed by atoms with Gasteiger partial charge in [-0.05, 0) is 0 Å². The van der Waals surface area contributed by atoms with Crippen LogP contribution in [0.2, 0.25) is 0 Å². The van der Waals surface area contributed by atoms with Gasteiger partial charge in [-0.25, -0.2) is 0 Å². The molecule has 18 heavy (non-hydrogen) atoms. The Hall–Kier alpha value is -0.900. The van der Waals surface area contributed by atoms with Gasteiger partial charge in [-0.1, -0.05) is 19.0 Å². The van der Waals surface area contributed by atoms with Gasteiger partial charge in [0.05, 0.1) is 6.61 Å². The van der Waals surface area contributed by atoms with E-state index in [9.17, 15) is 8.42 Å². The number of oxime groups is 1. The summed E-state index contributed by atoms with van der Waals surface area (Å²) in [6, 6.07) is 0. The zero-order valence-electron chi connectivity index (χ0n) is 10.6. The van der Waals surface area contributed by atoms with Crippen molar-refractivity contribution < 1.29 is 18.4 Å². The van der Waals surface area contributed by atoms with Gasteiger partial charge < -0.3 is 15.7 Å².